The molecular weight excluding hydrogens is 252 g/mol. The van der Waals surface area contributed by atoms with Gasteiger partial charge in [0.25, 0.3) is 0 Å². The second-order valence-corrected chi connectivity index (χ2v) is 4.35. The highest BCUT2D eigenvalue weighted by Gasteiger charge is 2.07. The first-order valence-electron chi connectivity index (χ1n) is 6.61. The van der Waals surface area contributed by atoms with E-state index < -0.39 is 0 Å². The molecule has 0 saturated carbocycles. The average Bonchev–Trinajstić information content (AvgIpc) is 2.48. The first-order chi connectivity index (χ1) is 9.79. The third kappa shape index (κ3) is 4.10. The summed E-state index contributed by atoms with van der Waals surface area (Å²) >= 11 is 0. The molecule has 4 heteroatoms. The largest absolute Gasteiger partial charge is 0.455 e. The van der Waals surface area contributed by atoms with Gasteiger partial charge in [-0.15, -0.1) is 0 Å². The Kier molecular flexibility index (Phi) is 5.15. The van der Waals surface area contributed by atoms with Gasteiger partial charge in [-0.2, -0.15) is 0 Å². The number of anilines is 1. The van der Waals surface area contributed by atoms with Crippen LogP contribution in [-0.2, 0) is 4.79 Å². The summed E-state index contributed by atoms with van der Waals surface area (Å²) < 4.78 is 5.78. The van der Waals surface area contributed by atoms with Gasteiger partial charge >= 0.3 is 0 Å². The van der Waals surface area contributed by atoms with E-state index in [0.29, 0.717) is 30.8 Å². The molecule has 0 aliphatic heterocycles. The number of carbonyl (C=O) groups is 1. The van der Waals surface area contributed by atoms with Crippen LogP contribution in [0.5, 0.6) is 11.5 Å². The molecule has 0 radical (unpaired) electrons. The molecule has 2 aromatic carbocycles. The number of ether oxygens (including phenoxy) is 1. The molecule has 20 heavy (non-hydrogen) atoms. The summed E-state index contributed by atoms with van der Waals surface area (Å²) in [7, 11) is 0. The Morgan fingerprint density at radius 2 is 1.75 bits per heavy atom. The van der Waals surface area contributed by atoms with Crippen molar-refractivity contribution in [3.05, 3.63) is 54.6 Å². The van der Waals surface area contributed by atoms with Crippen LogP contribution < -0.4 is 15.8 Å². The molecule has 0 spiro atoms. The van der Waals surface area contributed by atoms with Gasteiger partial charge in [-0.05, 0) is 37.2 Å². The number of nitrogens with two attached hydrogens (primary N) is 1. The summed E-state index contributed by atoms with van der Waals surface area (Å²) in [5.74, 6) is 1.30. The minimum absolute atomic E-state index is 0.0560. The molecule has 2 aromatic rings. The summed E-state index contributed by atoms with van der Waals surface area (Å²) in [5.41, 5.74) is 6.06. The second-order valence-electron chi connectivity index (χ2n) is 4.35. The van der Waals surface area contributed by atoms with E-state index in [0.717, 1.165) is 5.75 Å². The maximum absolute atomic E-state index is 11.8. The zero-order valence-corrected chi connectivity index (χ0v) is 11.2. The summed E-state index contributed by atoms with van der Waals surface area (Å²) in [6, 6.07) is 16.8. The van der Waals surface area contributed by atoms with Crippen LogP contribution in [0.1, 0.15) is 12.8 Å². The maximum atomic E-state index is 11.8. The molecule has 0 unspecified atom stereocenters. The molecule has 0 bridgehead atoms. The van der Waals surface area contributed by atoms with Gasteiger partial charge in [0, 0.05) is 6.42 Å². The lowest BCUT2D eigenvalue weighted by molar-refractivity contribution is -0.116. The third-order valence-corrected chi connectivity index (χ3v) is 2.74. The number of hydrogen-bond acceptors (Lipinski definition) is 3. The fraction of sp³-hybridized carbons (Fsp3) is 0.188. The molecule has 1 amide bonds. The number of hydrogen-bond donors (Lipinski definition) is 2. The molecule has 4 nitrogen and oxygen atoms in total. The molecule has 0 heterocycles. The Morgan fingerprint density at radius 1 is 1.05 bits per heavy atom. The van der Waals surface area contributed by atoms with E-state index in [1.165, 1.54) is 0 Å². The predicted octanol–water partition coefficient (Wildman–Crippen LogP) is 3.16. The summed E-state index contributed by atoms with van der Waals surface area (Å²) in [5, 5.41) is 2.85. The van der Waals surface area contributed by atoms with Gasteiger partial charge in [0.05, 0.1) is 5.69 Å². The first kappa shape index (κ1) is 14.1. The van der Waals surface area contributed by atoms with Crippen LogP contribution in [0.4, 0.5) is 5.69 Å². The minimum atomic E-state index is -0.0560. The Bertz CT molecular complexity index is 555. The van der Waals surface area contributed by atoms with Crippen molar-refractivity contribution in [1.29, 1.82) is 0 Å². The second kappa shape index (κ2) is 7.31. The van der Waals surface area contributed by atoms with Crippen LogP contribution in [0.15, 0.2) is 54.6 Å². The minimum Gasteiger partial charge on any atom is -0.455 e. The van der Waals surface area contributed by atoms with E-state index in [1.807, 2.05) is 54.6 Å². The van der Waals surface area contributed by atoms with Crippen molar-refractivity contribution >= 4 is 11.6 Å². The number of carbonyl (C=O) groups excluding carboxylic acids is 1. The van der Waals surface area contributed by atoms with E-state index in [2.05, 4.69) is 5.32 Å². The smallest absolute Gasteiger partial charge is 0.224 e. The molecule has 0 atom stereocenters. The zero-order valence-electron chi connectivity index (χ0n) is 11.2. The van der Waals surface area contributed by atoms with Gasteiger partial charge in [0.1, 0.15) is 5.75 Å². The summed E-state index contributed by atoms with van der Waals surface area (Å²) in [4.78, 5) is 11.8. The molecule has 104 valence electrons. The van der Waals surface area contributed by atoms with E-state index in [4.69, 9.17) is 10.5 Å². The van der Waals surface area contributed by atoms with E-state index >= 15 is 0 Å². The number of nitrogens with one attached hydrogen (secondary N) is 1. The molecular formula is C16H18N2O2. The standard InChI is InChI=1S/C16H18N2O2/c17-12-6-11-16(19)18-14-9-4-5-10-15(14)20-13-7-2-1-3-8-13/h1-5,7-10H,6,11-12,17H2,(H,18,19). The first-order valence-corrected chi connectivity index (χ1v) is 6.61. The van der Waals surface area contributed by atoms with E-state index in [9.17, 15) is 4.79 Å². The SMILES string of the molecule is NCCCC(=O)Nc1ccccc1Oc1ccccc1. The van der Waals surface area contributed by atoms with E-state index in [-0.39, 0.29) is 5.91 Å². The summed E-state index contributed by atoms with van der Waals surface area (Å²) in [6.45, 7) is 0.510. The van der Waals surface area contributed by atoms with Crippen molar-refractivity contribution in [2.45, 2.75) is 12.8 Å². The van der Waals surface area contributed by atoms with Crippen LogP contribution in [0.3, 0.4) is 0 Å². The highest BCUT2D eigenvalue weighted by Crippen LogP contribution is 2.29. The van der Waals surface area contributed by atoms with Crippen molar-refractivity contribution in [2.24, 2.45) is 5.73 Å². The molecule has 0 aliphatic rings. The van der Waals surface area contributed by atoms with Crippen molar-refractivity contribution in [2.75, 3.05) is 11.9 Å². The van der Waals surface area contributed by atoms with Gasteiger partial charge in [0.2, 0.25) is 5.91 Å². The molecule has 2 rings (SSSR count). The van der Waals surface area contributed by atoms with Gasteiger partial charge in [0.15, 0.2) is 5.75 Å². The molecule has 0 saturated heterocycles. The van der Waals surface area contributed by atoms with Crippen LogP contribution in [0.25, 0.3) is 0 Å². The Hall–Kier alpha value is -2.33. The van der Waals surface area contributed by atoms with Gasteiger partial charge in [-0.25, -0.2) is 0 Å². The number of para-hydroxylation sites is 3. The average molecular weight is 270 g/mol. The van der Waals surface area contributed by atoms with Crippen molar-refractivity contribution in [1.82, 2.24) is 0 Å². The Balaban J connectivity index is 2.08. The Labute approximate surface area is 118 Å². The quantitative estimate of drug-likeness (QED) is 0.847. The highest BCUT2D eigenvalue weighted by molar-refractivity contribution is 5.92. The van der Waals surface area contributed by atoms with Crippen LogP contribution in [-0.4, -0.2) is 12.5 Å². The van der Waals surface area contributed by atoms with Crippen LogP contribution in [0, 0.1) is 0 Å². The van der Waals surface area contributed by atoms with Crippen molar-refractivity contribution in [3.63, 3.8) is 0 Å². The molecule has 0 fully saturated rings. The lowest BCUT2D eigenvalue weighted by Gasteiger charge is -2.12. The fourth-order valence-corrected chi connectivity index (χ4v) is 1.75. The number of amides is 1. The Morgan fingerprint density at radius 3 is 2.50 bits per heavy atom. The summed E-state index contributed by atoms with van der Waals surface area (Å²) in [6.07, 6.45) is 1.09. The van der Waals surface area contributed by atoms with Crippen LogP contribution >= 0.6 is 0 Å². The van der Waals surface area contributed by atoms with Crippen molar-refractivity contribution < 1.29 is 9.53 Å². The third-order valence-electron chi connectivity index (χ3n) is 2.74. The molecule has 3 N–H and O–H groups in total. The molecule has 0 aliphatic carbocycles. The van der Waals surface area contributed by atoms with Gasteiger partial charge in [-0.3, -0.25) is 4.79 Å². The van der Waals surface area contributed by atoms with Gasteiger partial charge in [-0.1, -0.05) is 30.3 Å². The number of rotatable bonds is 6. The zero-order chi connectivity index (χ0) is 14.2. The molecule has 0 aromatic heterocycles. The van der Waals surface area contributed by atoms with Gasteiger partial charge < -0.3 is 15.8 Å². The lowest BCUT2D eigenvalue weighted by atomic mass is 10.2. The lowest BCUT2D eigenvalue weighted by Crippen LogP contribution is -2.13. The normalized spacial score (nSPS) is 10.1. The monoisotopic (exact) mass is 270 g/mol. The van der Waals surface area contributed by atoms with Crippen molar-refractivity contribution in [3.8, 4) is 11.5 Å². The fourth-order valence-electron chi connectivity index (χ4n) is 1.75. The maximum Gasteiger partial charge on any atom is 0.224 e. The van der Waals surface area contributed by atoms with E-state index in [1.54, 1.807) is 0 Å². The highest BCUT2D eigenvalue weighted by atomic mass is 16.5. The predicted molar refractivity (Wildman–Crippen MR) is 79.9 cm³/mol. The van der Waals surface area contributed by atoms with Crippen LogP contribution in [0.2, 0.25) is 0 Å². The number of benzene rings is 2. The topological polar surface area (TPSA) is 64.4 Å².